The molecule has 0 aliphatic heterocycles. The van der Waals surface area contributed by atoms with Gasteiger partial charge in [-0.2, -0.15) is 13.2 Å². The van der Waals surface area contributed by atoms with Crippen LogP contribution in [0, 0.1) is 30.5 Å². The normalized spacial score (nSPS) is 22.1. The summed E-state index contributed by atoms with van der Waals surface area (Å²) < 4.78 is 90.0. The lowest BCUT2D eigenvalue weighted by Crippen LogP contribution is -2.51. The van der Waals surface area contributed by atoms with Crippen molar-refractivity contribution >= 4 is 32.8 Å². The molecule has 0 saturated heterocycles. The second kappa shape index (κ2) is 10.6. The van der Waals surface area contributed by atoms with Crippen molar-refractivity contribution in [1.29, 1.82) is 0 Å². The number of alkyl halides is 3. The molecular weight excluding hydrogens is 588 g/mol. The molecule has 3 saturated carbocycles. The Kier molecular flexibility index (Phi) is 7.18. The highest BCUT2D eigenvalue weighted by atomic mass is 32.2. The lowest BCUT2D eigenvalue weighted by atomic mass is 9.61. The molecule has 4 aromatic rings. The number of methoxy groups -OCH3 is 1. The highest BCUT2D eigenvalue weighted by molar-refractivity contribution is 7.90. The molecule has 1 N–H and O–H groups in total. The molecule has 8 nitrogen and oxygen atoms in total. The number of fused-ring (bicyclic) bond motifs is 4. The van der Waals surface area contributed by atoms with Gasteiger partial charge in [0.15, 0.2) is 5.65 Å². The maximum absolute atomic E-state index is 14.4. The van der Waals surface area contributed by atoms with E-state index < -0.39 is 45.5 Å². The zero-order valence-electron chi connectivity index (χ0n) is 23.2. The predicted octanol–water partition coefficient (Wildman–Crippen LogP) is 6.19. The minimum Gasteiger partial charge on any atom is -0.469 e. The van der Waals surface area contributed by atoms with Crippen LogP contribution in [-0.4, -0.2) is 41.5 Å². The van der Waals surface area contributed by atoms with E-state index in [4.69, 9.17) is 4.74 Å². The molecule has 13 heteroatoms. The maximum atomic E-state index is 14.4. The van der Waals surface area contributed by atoms with E-state index in [0.717, 1.165) is 65.8 Å². The Morgan fingerprint density at radius 3 is 2.37 bits per heavy atom. The number of pyridine rings is 2. The van der Waals surface area contributed by atoms with Crippen LogP contribution in [0.15, 0.2) is 59.8 Å². The predicted molar refractivity (Wildman–Crippen MR) is 150 cm³/mol. The zero-order chi connectivity index (χ0) is 30.7. The summed E-state index contributed by atoms with van der Waals surface area (Å²) in [5.74, 6) is -1.83. The number of hydrogen-bond acceptors (Lipinski definition) is 7. The fraction of sp³-hybridized carbons (Fsp3) is 0.367. The third-order valence-electron chi connectivity index (χ3n) is 8.59. The van der Waals surface area contributed by atoms with Gasteiger partial charge in [0.1, 0.15) is 11.6 Å². The van der Waals surface area contributed by atoms with Gasteiger partial charge in [-0.1, -0.05) is 17.7 Å². The molecule has 3 aromatic heterocycles. The molecule has 3 fully saturated rings. The number of anilines is 1. The van der Waals surface area contributed by atoms with Crippen molar-refractivity contribution < 1.29 is 35.5 Å². The smallest absolute Gasteiger partial charge is 0.416 e. The number of carbonyl (C=O) groups excluding carboxylic acids is 1. The van der Waals surface area contributed by atoms with E-state index in [1.165, 1.54) is 19.2 Å². The fourth-order valence-electron chi connectivity index (χ4n) is 6.47. The van der Waals surface area contributed by atoms with Gasteiger partial charge in [-0.3, -0.25) is 4.79 Å². The summed E-state index contributed by atoms with van der Waals surface area (Å²) in [6.45, 7) is 1.79. The van der Waals surface area contributed by atoms with Crippen molar-refractivity contribution in [2.45, 2.75) is 49.7 Å². The zero-order valence-corrected chi connectivity index (χ0v) is 24.0. The first-order valence-electron chi connectivity index (χ1n) is 13.8. The first-order chi connectivity index (χ1) is 20.4. The van der Waals surface area contributed by atoms with E-state index in [1.807, 2.05) is 0 Å². The molecule has 0 radical (unpaired) electrons. The van der Waals surface area contributed by atoms with Gasteiger partial charge in [0.2, 0.25) is 0 Å². The van der Waals surface area contributed by atoms with Crippen LogP contribution in [0.4, 0.5) is 23.4 Å². The van der Waals surface area contributed by atoms with Gasteiger partial charge in [0.25, 0.3) is 10.0 Å². The number of aromatic nitrogens is 3. The Morgan fingerprint density at radius 2 is 1.72 bits per heavy atom. The third-order valence-corrected chi connectivity index (χ3v) is 10.3. The van der Waals surface area contributed by atoms with Crippen molar-refractivity contribution in [2.75, 3.05) is 12.4 Å². The highest BCUT2D eigenvalue weighted by Gasteiger charge is 2.48. The van der Waals surface area contributed by atoms with Gasteiger partial charge < -0.3 is 10.1 Å². The molecule has 2 bridgehead atoms. The van der Waals surface area contributed by atoms with Crippen molar-refractivity contribution in [3.8, 4) is 11.3 Å². The minimum atomic E-state index is -4.78. The van der Waals surface area contributed by atoms with E-state index in [0.29, 0.717) is 0 Å². The summed E-state index contributed by atoms with van der Waals surface area (Å²) >= 11 is 0. The number of benzene rings is 1. The molecule has 226 valence electrons. The second-order valence-electron chi connectivity index (χ2n) is 11.2. The fourth-order valence-corrected chi connectivity index (χ4v) is 7.80. The number of carbonyl (C=O) groups is 1. The monoisotopic (exact) mass is 616 g/mol. The average Bonchev–Trinajstić information content (AvgIpc) is 3.36. The molecular formula is C30H28F4N4O4S. The van der Waals surface area contributed by atoms with Crippen LogP contribution in [0.25, 0.3) is 22.3 Å². The number of hydrogen-bond donors (Lipinski definition) is 1. The van der Waals surface area contributed by atoms with Gasteiger partial charge in [0, 0.05) is 23.2 Å². The van der Waals surface area contributed by atoms with Crippen molar-refractivity contribution in [3.05, 3.63) is 71.8 Å². The molecule has 7 rings (SSSR count). The van der Waals surface area contributed by atoms with Crippen LogP contribution in [0.1, 0.15) is 36.8 Å². The summed E-state index contributed by atoms with van der Waals surface area (Å²) in [7, 11) is -2.98. The van der Waals surface area contributed by atoms with E-state index >= 15 is 0 Å². The number of esters is 1. The first-order valence-corrected chi connectivity index (χ1v) is 15.2. The SMILES string of the molecule is COC(=O)[C@@H]1C2CCC(CC2)[C@H]1Nc1cc(C(F)(F)F)cc(-c2cn(S(=O)(=O)c3ccc(C)cc3)c3ncc(F)cc23)n1. The van der Waals surface area contributed by atoms with Crippen LogP contribution in [0.3, 0.4) is 0 Å². The molecule has 3 heterocycles. The van der Waals surface area contributed by atoms with Gasteiger partial charge >= 0.3 is 12.1 Å². The lowest BCUT2D eigenvalue weighted by molar-refractivity contribution is -0.152. The summed E-state index contributed by atoms with van der Waals surface area (Å²) in [6, 6.07) is 8.20. The molecule has 0 spiro atoms. The average molecular weight is 617 g/mol. The van der Waals surface area contributed by atoms with Gasteiger partial charge in [-0.25, -0.2) is 26.7 Å². The van der Waals surface area contributed by atoms with Crippen LogP contribution in [0.5, 0.6) is 0 Å². The Morgan fingerprint density at radius 1 is 1.05 bits per heavy atom. The van der Waals surface area contributed by atoms with E-state index in [1.54, 1.807) is 19.1 Å². The molecule has 1 aromatic carbocycles. The molecule has 3 aliphatic rings. The molecule has 43 heavy (non-hydrogen) atoms. The van der Waals surface area contributed by atoms with Gasteiger partial charge in [-0.05, 0) is 74.8 Å². The molecule has 0 amide bonds. The van der Waals surface area contributed by atoms with Crippen molar-refractivity contribution in [2.24, 2.45) is 17.8 Å². The van der Waals surface area contributed by atoms with Crippen molar-refractivity contribution in [1.82, 2.24) is 13.9 Å². The first kappa shape index (κ1) is 29.1. The Hall–Kier alpha value is -4.00. The Labute approximate surface area is 245 Å². The highest BCUT2D eigenvalue weighted by Crippen LogP contribution is 2.47. The molecule has 3 aliphatic carbocycles. The summed E-state index contributed by atoms with van der Waals surface area (Å²) in [5, 5.41) is 3.07. The molecule has 2 atom stereocenters. The maximum Gasteiger partial charge on any atom is 0.416 e. The van der Waals surface area contributed by atoms with Crippen LogP contribution in [-0.2, 0) is 25.7 Å². The number of aryl methyl sites for hydroxylation is 1. The second-order valence-corrected chi connectivity index (χ2v) is 13.0. The number of nitrogens with one attached hydrogen (secondary N) is 1. The number of ether oxygens (including phenoxy) is 1. The van der Waals surface area contributed by atoms with Crippen LogP contribution in [0.2, 0.25) is 0 Å². The van der Waals surface area contributed by atoms with Crippen LogP contribution < -0.4 is 5.32 Å². The number of halogens is 4. The molecule has 0 unspecified atom stereocenters. The largest absolute Gasteiger partial charge is 0.469 e. The van der Waals surface area contributed by atoms with E-state index in [2.05, 4.69) is 15.3 Å². The Bertz CT molecular complexity index is 1810. The standard InChI is InChI=1S/C30H28F4N4O4S/c1-16-3-9-21(10-4-16)43(40,41)38-15-23(22-13-20(31)14-35-28(22)38)24-11-19(30(32,33)34)12-25(36-24)37-27-18-7-5-17(6-8-18)26(27)29(39)42-2/h3-4,9-15,17-18,26-27H,5-8H2,1-2H3,(H,36,37)/t17?,18?,26-,27-/m1/s1. The Balaban J connectivity index is 1.50. The topological polar surface area (TPSA) is 103 Å². The number of rotatable bonds is 6. The number of nitrogens with zero attached hydrogens (tertiary/aromatic N) is 3. The van der Waals surface area contributed by atoms with Gasteiger partial charge in [0.05, 0.1) is 35.4 Å². The minimum absolute atomic E-state index is 0.0300. The van der Waals surface area contributed by atoms with E-state index in [-0.39, 0.29) is 44.8 Å². The van der Waals surface area contributed by atoms with Crippen LogP contribution >= 0.6 is 0 Å². The van der Waals surface area contributed by atoms with Gasteiger partial charge in [-0.15, -0.1) is 0 Å². The summed E-state index contributed by atoms with van der Waals surface area (Å²) in [6.07, 6.45) is 0.462. The van der Waals surface area contributed by atoms with E-state index in [9.17, 15) is 30.8 Å². The summed E-state index contributed by atoms with van der Waals surface area (Å²) in [5.41, 5.74) is -0.668. The quantitative estimate of drug-likeness (QED) is 0.204. The summed E-state index contributed by atoms with van der Waals surface area (Å²) in [4.78, 5) is 21.1. The lowest BCUT2D eigenvalue weighted by Gasteiger charge is -2.47. The van der Waals surface area contributed by atoms with Crippen molar-refractivity contribution in [3.63, 3.8) is 0 Å². The third kappa shape index (κ3) is 5.23.